The van der Waals surface area contributed by atoms with Gasteiger partial charge in [0.15, 0.2) is 5.78 Å². The third kappa shape index (κ3) is 1.44. The van der Waals surface area contributed by atoms with Gasteiger partial charge in [-0.3, -0.25) is 9.59 Å². The Kier molecular flexibility index (Phi) is 2.13. The number of ketones is 1. The van der Waals surface area contributed by atoms with Crippen molar-refractivity contribution >= 4 is 5.78 Å². The van der Waals surface area contributed by atoms with Crippen molar-refractivity contribution in [1.29, 1.82) is 0 Å². The number of carbonyl (C=O) groups excluding carboxylic acids is 1. The van der Waals surface area contributed by atoms with Crippen LogP contribution < -0.4 is 5.56 Å². The molecule has 0 unspecified atom stereocenters. The number of hydrogen-bond donors (Lipinski definition) is 0. The van der Waals surface area contributed by atoms with Crippen LogP contribution in [0.4, 0.5) is 0 Å². The van der Waals surface area contributed by atoms with E-state index in [-0.39, 0.29) is 16.9 Å². The third-order valence-electron chi connectivity index (χ3n) is 1.70. The first kappa shape index (κ1) is 8.71. The second kappa shape index (κ2) is 2.93. The van der Waals surface area contributed by atoms with Gasteiger partial charge in [0.05, 0.1) is 5.56 Å². The molecule has 0 aromatic carbocycles. The average Bonchev–Trinajstić information content (AvgIpc) is 1.96. The molecule has 0 saturated carbocycles. The Morgan fingerprint density at radius 2 is 2.08 bits per heavy atom. The average molecular weight is 165 g/mol. The van der Waals surface area contributed by atoms with Crippen LogP contribution in [0, 0.1) is 6.92 Å². The van der Waals surface area contributed by atoms with E-state index in [4.69, 9.17) is 0 Å². The zero-order valence-corrected chi connectivity index (χ0v) is 7.42. The lowest BCUT2D eigenvalue weighted by molar-refractivity contribution is 0.101. The monoisotopic (exact) mass is 165 g/mol. The molecule has 1 rings (SSSR count). The van der Waals surface area contributed by atoms with E-state index < -0.39 is 0 Å². The van der Waals surface area contributed by atoms with Crippen molar-refractivity contribution in [1.82, 2.24) is 4.57 Å². The predicted molar refractivity (Wildman–Crippen MR) is 46.4 cm³/mol. The fourth-order valence-corrected chi connectivity index (χ4v) is 1.13. The second-order valence-electron chi connectivity index (χ2n) is 2.90. The minimum atomic E-state index is -0.229. The molecule has 1 heterocycles. The molecule has 64 valence electrons. The predicted octanol–water partition coefficient (Wildman–Crippen LogP) is 0.896. The Balaban J connectivity index is 3.49. The van der Waals surface area contributed by atoms with Crippen LogP contribution in [0.15, 0.2) is 17.1 Å². The van der Waals surface area contributed by atoms with E-state index in [2.05, 4.69) is 0 Å². The van der Waals surface area contributed by atoms with Crippen LogP contribution in [0.5, 0.6) is 0 Å². The van der Waals surface area contributed by atoms with E-state index in [9.17, 15) is 9.59 Å². The van der Waals surface area contributed by atoms with E-state index in [0.717, 1.165) is 5.56 Å². The van der Waals surface area contributed by atoms with Gasteiger partial charge in [0.25, 0.3) is 5.56 Å². The molecule has 0 amide bonds. The van der Waals surface area contributed by atoms with Gasteiger partial charge in [0.1, 0.15) is 0 Å². The van der Waals surface area contributed by atoms with E-state index in [1.165, 1.54) is 11.5 Å². The number of nitrogens with zero attached hydrogens (tertiary/aromatic N) is 1. The smallest absolute Gasteiger partial charge is 0.261 e. The normalized spacial score (nSPS) is 9.92. The first-order chi connectivity index (χ1) is 5.52. The number of aromatic nitrogens is 1. The van der Waals surface area contributed by atoms with Crippen molar-refractivity contribution in [2.45, 2.75) is 13.8 Å². The van der Waals surface area contributed by atoms with Crippen molar-refractivity contribution in [3.05, 3.63) is 33.7 Å². The van der Waals surface area contributed by atoms with E-state index in [1.54, 1.807) is 19.3 Å². The van der Waals surface area contributed by atoms with Crippen molar-refractivity contribution in [3.8, 4) is 0 Å². The van der Waals surface area contributed by atoms with Crippen LogP contribution in [0.2, 0.25) is 0 Å². The molecule has 1 aromatic rings. The largest absolute Gasteiger partial charge is 0.318 e. The Labute approximate surface area is 70.6 Å². The molecule has 1 aromatic heterocycles. The summed E-state index contributed by atoms with van der Waals surface area (Å²) in [6.07, 6.45) is 1.70. The van der Waals surface area contributed by atoms with Gasteiger partial charge >= 0.3 is 0 Å². The van der Waals surface area contributed by atoms with Crippen molar-refractivity contribution < 1.29 is 4.79 Å². The standard InChI is InChI=1S/C9H11NO2/c1-6-4-8(7(2)11)9(12)10(3)5-6/h4-5H,1-3H3. The summed E-state index contributed by atoms with van der Waals surface area (Å²) in [6, 6.07) is 1.62. The highest BCUT2D eigenvalue weighted by atomic mass is 16.1. The van der Waals surface area contributed by atoms with Crippen LogP contribution >= 0.6 is 0 Å². The zero-order chi connectivity index (χ0) is 9.30. The lowest BCUT2D eigenvalue weighted by Crippen LogP contribution is -2.23. The maximum Gasteiger partial charge on any atom is 0.261 e. The van der Waals surface area contributed by atoms with Gasteiger partial charge in [-0.25, -0.2) is 0 Å². The molecule has 0 fully saturated rings. The minimum Gasteiger partial charge on any atom is -0.318 e. The van der Waals surface area contributed by atoms with Crippen molar-refractivity contribution in [2.75, 3.05) is 0 Å². The molecule has 0 aliphatic carbocycles. The fraction of sp³-hybridized carbons (Fsp3) is 0.333. The topological polar surface area (TPSA) is 39.1 Å². The zero-order valence-electron chi connectivity index (χ0n) is 7.42. The van der Waals surface area contributed by atoms with E-state index in [1.807, 2.05) is 6.92 Å². The van der Waals surface area contributed by atoms with Gasteiger partial charge in [-0.2, -0.15) is 0 Å². The van der Waals surface area contributed by atoms with Crippen molar-refractivity contribution in [3.63, 3.8) is 0 Å². The number of pyridine rings is 1. The molecule has 3 heteroatoms. The number of carbonyl (C=O) groups is 1. The number of hydrogen-bond acceptors (Lipinski definition) is 2. The lowest BCUT2D eigenvalue weighted by atomic mass is 10.1. The summed E-state index contributed by atoms with van der Waals surface area (Å²) in [7, 11) is 1.64. The lowest BCUT2D eigenvalue weighted by Gasteiger charge is -2.01. The van der Waals surface area contributed by atoms with Gasteiger partial charge in [-0.1, -0.05) is 0 Å². The van der Waals surface area contributed by atoms with Gasteiger partial charge < -0.3 is 4.57 Å². The fourth-order valence-electron chi connectivity index (χ4n) is 1.13. The molecule has 0 bridgehead atoms. The molecule has 0 spiro atoms. The highest BCUT2D eigenvalue weighted by Crippen LogP contribution is 1.98. The Bertz CT molecular complexity index is 377. The summed E-state index contributed by atoms with van der Waals surface area (Å²) in [4.78, 5) is 22.3. The van der Waals surface area contributed by atoms with Gasteiger partial charge in [0.2, 0.25) is 0 Å². The summed E-state index contributed by atoms with van der Waals surface area (Å²) in [5.74, 6) is -0.181. The molecule has 12 heavy (non-hydrogen) atoms. The quantitative estimate of drug-likeness (QED) is 0.580. The van der Waals surface area contributed by atoms with Crippen LogP contribution in [-0.2, 0) is 7.05 Å². The Morgan fingerprint density at radius 3 is 2.58 bits per heavy atom. The highest BCUT2D eigenvalue weighted by molar-refractivity contribution is 5.93. The van der Waals surface area contributed by atoms with Gasteiger partial charge in [-0.15, -0.1) is 0 Å². The SMILES string of the molecule is CC(=O)c1cc(C)cn(C)c1=O. The van der Waals surface area contributed by atoms with Crippen LogP contribution in [0.3, 0.4) is 0 Å². The number of rotatable bonds is 1. The minimum absolute atomic E-state index is 0.181. The van der Waals surface area contributed by atoms with E-state index in [0.29, 0.717) is 0 Å². The Hall–Kier alpha value is -1.38. The molecular formula is C9H11NO2. The van der Waals surface area contributed by atoms with Gasteiger partial charge in [-0.05, 0) is 25.5 Å². The molecule has 0 radical (unpaired) electrons. The van der Waals surface area contributed by atoms with Crippen LogP contribution in [0.1, 0.15) is 22.8 Å². The molecule has 0 atom stereocenters. The Morgan fingerprint density at radius 1 is 1.50 bits per heavy atom. The maximum absolute atomic E-state index is 11.3. The summed E-state index contributed by atoms with van der Waals surface area (Å²) in [5, 5.41) is 0. The number of aryl methyl sites for hydroxylation is 2. The van der Waals surface area contributed by atoms with Crippen LogP contribution in [-0.4, -0.2) is 10.4 Å². The summed E-state index contributed by atoms with van der Waals surface area (Å²) in [5.41, 5.74) is 0.952. The summed E-state index contributed by atoms with van der Waals surface area (Å²) < 4.78 is 1.42. The summed E-state index contributed by atoms with van der Waals surface area (Å²) >= 11 is 0. The number of Topliss-reactive ketones (excluding diaryl/α,β-unsaturated/α-hetero) is 1. The van der Waals surface area contributed by atoms with Gasteiger partial charge in [0, 0.05) is 13.2 Å². The first-order valence-corrected chi connectivity index (χ1v) is 3.70. The first-order valence-electron chi connectivity index (χ1n) is 3.70. The molecule has 0 aliphatic heterocycles. The molecular weight excluding hydrogens is 154 g/mol. The maximum atomic E-state index is 11.3. The summed E-state index contributed by atoms with van der Waals surface area (Å²) in [6.45, 7) is 3.25. The third-order valence-corrected chi connectivity index (χ3v) is 1.70. The van der Waals surface area contributed by atoms with Crippen LogP contribution in [0.25, 0.3) is 0 Å². The molecule has 0 N–H and O–H groups in total. The molecule has 0 saturated heterocycles. The molecule has 3 nitrogen and oxygen atoms in total. The van der Waals surface area contributed by atoms with Crippen molar-refractivity contribution in [2.24, 2.45) is 7.05 Å². The highest BCUT2D eigenvalue weighted by Gasteiger charge is 2.06. The molecule has 0 aliphatic rings. The van der Waals surface area contributed by atoms with E-state index >= 15 is 0 Å². The second-order valence-corrected chi connectivity index (χ2v) is 2.90.